The van der Waals surface area contributed by atoms with Crippen molar-refractivity contribution in [1.82, 2.24) is 9.47 Å². The number of benzene rings is 2. The number of aliphatic hydroxyl groups excluding tert-OH is 1. The molecule has 7 nitrogen and oxygen atoms in total. The molecule has 7 heteroatoms. The van der Waals surface area contributed by atoms with E-state index in [9.17, 15) is 19.8 Å². The van der Waals surface area contributed by atoms with E-state index in [4.69, 9.17) is 4.74 Å². The zero-order chi connectivity index (χ0) is 28.4. The molecular weight excluding hydrogens is 492 g/mol. The third-order valence-corrected chi connectivity index (χ3v) is 7.51. The van der Waals surface area contributed by atoms with E-state index in [0.717, 1.165) is 22.3 Å². The Labute approximate surface area is 230 Å². The number of amides is 1. The highest BCUT2D eigenvalue weighted by Gasteiger charge is 2.46. The molecule has 0 aliphatic carbocycles. The topological polar surface area (TPSA) is 92.0 Å². The van der Waals surface area contributed by atoms with Crippen LogP contribution in [0.2, 0.25) is 0 Å². The van der Waals surface area contributed by atoms with Gasteiger partial charge < -0.3 is 24.4 Å². The second-order valence-corrected chi connectivity index (χ2v) is 12.2. The van der Waals surface area contributed by atoms with Gasteiger partial charge in [-0.15, -0.1) is 0 Å². The average Bonchev–Trinajstić information content (AvgIpc) is 2.89. The van der Waals surface area contributed by atoms with Crippen LogP contribution in [0, 0.1) is 5.41 Å². The largest absolute Gasteiger partial charge is 0.438 e. The first-order valence-electron chi connectivity index (χ1n) is 13.5. The molecule has 1 fully saturated rings. The van der Waals surface area contributed by atoms with E-state index in [1.807, 2.05) is 81.4 Å². The van der Waals surface area contributed by atoms with Gasteiger partial charge in [-0.25, -0.2) is 4.79 Å². The minimum atomic E-state index is -1.00. The van der Waals surface area contributed by atoms with E-state index in [2.05, 4.69) is 0 Å². The average molecular weight is 533 g/mol. The lowest BCUT2D eigenvalue weighted by Gasteiger charge is -2.45. The molecule has 1 aliphatic rings. The Morgan fingerprint density at radius 2 is 1.64 bits per heavy atom. The van der Waals surface area contributed by atoms with Crippen LogP contribution in [-0.4, -0.2) is 44.5 Å². The summed E-state index contributed by atoms with van der Waals surface area (Å²) in [7, 11) is 0. The molecule has 208 valence electrons. The van der Waals surface area contributed by atoms with E-state index in [1.165, 1.54) is 0 Å². The van der Waals surface area contributed by atoms with Crippen molar-refractivity contribution in [3.05, 3.63) is 94.4 Å². The molecule has 2 aromatic carbocycles. The van der Waals surface area contributed by atoms with Gasteiger partial charge in [0.15, 0.2) is 0 Å². The van der Waals surface area contributed by atoms with Gasteiger partial charge in [-0.1, -0.05) is 68.4 Å². The predicted molar refractivity (Wildman–Crippen MR) is 152 cm³/mol. The number of ether oxygens (including phenoxy) is 1. The van der Waals surface area contributed by atoms with Crippen molar-refractivity contribution in [2.45, 2.75) is 71.2 Å². The molecule has 1 aliphatic heterocycles. The van der Waals surface area contributed by atoms with Crippen LogP contribution >= 0.6 is 0 Å². The van der Waals surface area contributed by atoms with Crippen molar-refractivity contribution < 1.29 is 19.7 Å². The molecule has 39 heavy (non-hydrogen) atoms. The molecule has 4 rings (SSSR count). The SMILES string of the molecule is CC(c1ccc(-c2ccn(CC(C)(C)CO)c(=O)c2)cc1)N1CCC(CC(C)(C)O)(c2ccccc2)OC1=O. The van der Waals surface area contributed by atoms with Crippen molar-refractivity contribution in [3.8, 4) is 11.1 Å². The van der Waals surface area contributed by atoms with Crippen molar-refractivity contribution >= 4 is 6.09 Å². The van der Waals surface area contributed by atoms with Crippen LogP contribution in [-0.2, 0) is 16.9 Å². The van der Waals surface area contributed by atoms with Gasteiger partial charge in [0.2, 0.25) is 0 Å². The predicted octanol–water partition coefficient (Wildman–Crippen LogP) is 5.49. The smallest absolute Gasteiger partial charge is 0.411 e. The van der Waals surface area contributed by atoms with Gasteiger partial charge in [0.25, 0.3) is 5.56 Å². The second-order valence-electron chi connectivity index (χ2n) is 12.2. The van der Waals surface area contributed by atoms with Gasteiger partial charge in [0.05, 0.1) is 11.6 Å². The zero-order valence-electron chi connectivity index (χ0n) is 23.6. The van der Waals surface area contributed by atoms with Gasteiger partial charge in [-0.2, -0.15) is 0 Å². The summed E-state index contributed by atoms with van der Waals surface area (Å²) in [5.41, 5.74) is 1.19. The number of cyclic esters (lactones) is 1. The summed E-state index contributed by atoms with van der Waals surface area (Å²) in [5.74, 6) is 0. The normalized spacial score (nSPS) is 19.1. The summed E-state index contributed by atoms with van der Waals surface area (Å²) in [6, 6.07) is 20.8. The number of carbonyl (C=O) groups excluding carboxylic acids is 1. The van der Waals surface area contributed by atoms with Gasteiger partial charge in [0, 0.05) is 50.2 Å². The van der Waals surface area contributed by atoms with Gasteiger partial charge in [-0.05, 0) is 49.1 Å². The van der Waals surface area contributed by atoms with E-state index < -0.39 is 17.3 Å². The molecule has 2 N–H and O–H groups in total. The number of rotatable bonds is 9. The number of pyridine rings is 1. The number of carbonyl (C=O) groups is 1. The zero-order valence-corrected chi connectivity index (χ0v) is 23.6. The fourth-order valence-electron chi connectivity index (χ4n) is 5.35. The standard InChI is InChI=1S/C32H40N2O5/c1-23(34-18-16-32(39-29(34)37,20-31(4,5)38)27-9-7-6-8-10-27)24-11-13-25(14-12-24)26-15-17-33(28(36)19-26)21-30(2,3)22-35/h6-15,17,19,23,35,38H,16,18,20-22H2,1-5H3. The first kappa shape index (κ1) is 28.6. The first-order valence-corrected chi connectivity index (χ1v) is 13.5. The highest BCUT2D eigenvalue weighted by atomic mass is 16.6. The maximum absolute atomic E-state index is 13.3. The molecule has 2 unspecified atom stereocenters. The first-order chi connectivity index (χ1) is 18.3. The monoisotopic (exact) mass is 532 g/mol. The van der Waals surface area contributed by atoms with E-state index in [-0.39, 0.29) is 23.6 Å². The van der Waals surface area contributed by atoms with Crippen LogP contribution in [0.4, 0.5) is 4.79 Å². The summed E-state index contributed by atoms with van der Waals surface area (Å²) >= 11 is 0. The third-order valence-electron chi connectivity index (χ3n) is 7.51. The quantitative estimate of drug-likeness (QED) is 0.380. The highest BCUT2D eigenvalue weighted by molar-refractivity contribution is 5.70. The summed E-state index contributed by atoms with van der Waals surface area (Å²) in [6.45, 7) is 10.2. The van der Waals surface area contributed by atoms with Crippen LogP contribution in [0.1, 0.15) is 64.6 Å². The lowest BCUT2D eigenvalue weighted by molar-refractivity contribution is -0.101. The Morgan fingerprint density at radius 3 is 2.21 bits per heavy atom. The molecule has 2 atom stereocenters. The van der Waals surface area contributed by atoms with Crippen LogP contribution in [0.3, 0.4) is 0 Å². The Hall–Kier alpha value is -3.42. The fraction of sp³-hybridized carbons (Fsp3) is 0.438. The van der Waals surface area contributed by atoms with Crippen molar-refractivity contribution in [1.29, 1.82) is 0 Å². The number of hydrogen-bond acceptors (Lipinski definition) is 5. The lowest BCUT2D eigenvalue weighted by atomic mass is 9.80. The summed E-state index contributed by atoms with van der Waals surface area (Å²) in [5, 5.41) is 20.1. The minimum Gasteiger partial charge on any atom is -0.438 e. The van der Waals surface area contributed by atoms with Crippen molar-refractivity contribution in [2.24, 2.45) is 5.41 Å². The molecule has 0 spiro atoms. The molecule has 3 aromatic rings. The summed E-state index contributed by atoms with van der Waals surface area (Å²) in [6.07, 6.45) is 2.24. The van der Waals surface area contributed by atoms with E-state index in [0.29, 0.717) is 25.9 Å². The van der Waals surface area contributed by atoms with Gasteiger partial charge in [0.1, 0.15) is 5.60 Å². The molecular formula is C32H40N2O5. The molecule has 1 saturated heterocycles. The minimum absolute atomic E-state index is 0.00193. The number of aliphatic hydroxyl groups is 2. The molecule has 1 aromatic heterocycles. The Bertz CT molecular complexity index is 1340. The summed E-state index contributed by atoms with van der Waals surface area (Å²) in [4.78, 5) is 27.7. The molecule has 0 bridgehead atoms. The van der Waals surface area contributed by atoms with Crippen LogP contribution < -0.4 is 5.56 Å². The maximum Gasteiger partial charge on any atom is 0.411 e. The van der Waals surface area contributed by atoms with Crippen LogP contribution in [0.15, 0.2) is 77.7 Å². The molecule has 0 saturated carbocycles. The Morgan fingerprint density at radius 1 is 0.974 bits per heavy atom. The fourth-order valence-corrected chi connectivity index (χ4v) is 5.35. The van der Waals surface area contributed by atoms with Crippen LogP contribution in [0.5, 0.6) is 0 Å². The van der Waals surface area contributed by atoms with E-state index >= 15 is 0 Å². The second kappa shape index (κ2) is 11.0. The van der Waals surface area contributed by atoms with E-state index in [1.54, 1.807) is 35.6 Å². The summed E-state index contributed by atoms with van der Waals surface area (Å²) < 4.78 is 7.74. The number of aromatic nitrogens is 1. The number of nitrogens with zero attached hydrogens (tertiary/aromatic N) is 2. The maximum atomic E-state index is 13.3. The molecule has 0 radical (unpaired) electrons. The van der Waals surface area contributed by atoms with Crippen molar-refractivity contribution in [3.63, 3.8) is 0 Å². The Kier molecular flexibility index (Phi) is 8.05. The Balaban J connectivity index is 1.50. The molecule has 2 heterocycles. The molecule has 1 amide bonds. The van der Waals surface area contributed by atoms with Gasteiger partial charge in [-0.3, -0.25) is 4.79 Å². The van der Waals surface area contributed by atoms with Crippen LogP contribution in [0.25, 0.3) is 11.1 Å². The lowest BCUT2D eigenvalue weighted by Crippen LogP contribution is -2.51. The third kappa shape index (κ3) is 6.60. The number of hydrogen-bond donors (Lipinski definition) is 2. The van der Waals surface area contributed by atoms with Gasteiger partial charge >= 0.3 is 6.09 Å². The van der Waals surface area contributed by atoms with Crippen molar-refractivity contribution in [2.75, 3.05) is 13.2 Å². The highest BCUT2D eigenvalue weighted by Crippen LogP contribution is 2.42.